The minimum Gasteiger partial charge on any atom is -0.326 e. The predicted octanol–water partition coefficient (Wildman–Crippen LogP) is 4.32. The van der Waals surface area contributed by atoms with Crippen molar-refractivity contribution >= 4 is 0 Å². The maximum atomic E-state index is 5.74. The number of rotatable bonds is 4. The molecule has 0 amide bonds. The Morgan fingerprint density at radius 3 is 2.16 bits per heavy atom. The van der Waals surface area contributed by atoms with Crippen molar-refractivity contribution in [2.45, 2.75) is 33.7 Å². The lowest BCUT2D eigenvalue weighted by molar-refractivity contribution is 0.647. The van der Waals surface area contributed by atoms with Gasteiger partial charge in [0.25, 0.3) is 0 Å². The first-order chi connectivity index (χ1) is 9.08. The second-order valence-corrected chi connectivity index (χ2v) is 5.71. The maximum absolute atomic E-state index is 5.74. The summed E-state index contributed by atoms with van der Waals surface area (Å²) in [5.74, 6) is 0.702. The van der Waals surface area contributed by atoms with E-state index in [1.807, 2.05) is 0 Å². The third-order valence-electron chi connectivity index (χ3n) is 3.30. The van der Waals surface area contributed by atoms with Crippen LogP contribution in [-0.2, 0) is 13.0 Å². The largest absolute Gasteiger partial charge is 0.326 e. The van der Waals surface area contributed by atoms with Gasteiger partial charge in [0, 0.05) is 6.54 Å². The molecule has 2 N–H and O–H groups in total. The van der Waals surface area contributed by atoms with Gasteiger partial charge < -0.3 is 5.73 Å². The highest BCUT2D eigenvalue weighted by Gasteiger charge is 2.02. The molecule has 0 unspecified atom stereocenters. The van der Waals surface area contributed by atoms with Gasteiger partial charge in [-0.25, -0.2) is 0 Å². The number of aryl methyl sites for hydroxylation is 1. The zero-order valence-corrected chi connectivity index (χ0v) is 12.1. The Hall–Kier alpha value is -1.60. The molecule has 0 radical (unpaired) electrons. The summed E-state index contributed by atoms with van der Waals surface area (Å²) in [6, 6.07) is 15.5. The lowest BCUT2D eigenvalue weighted by atomic mass is 9.97. The summed E-state index contributed by atoms with van der Waals surface area (Å²) in [6.45, 7) is 7.22. The van der Waals surface area contributed by atoms with E-state index in [0.717, 1.165) is 6.42 Å². The summed E-state index contributed by atoms with van der Waals surface area (Å²) in [5.41, 5.74) is 12.1. The fourth-order valence-electron chi connectivity index (χ4n) is 2.45. The topological polar surface area (TPSA) is 26.0 Å². The van der Waals surface area contributed by atoms with Crippen LogP contribution in [0.4, 0.5) is 0 Å². The first kappa shape index (κ1) is 13.8. The summed E-state index contributed by atoms with van der Waals surface area (Å²) < 4.78 is 0. The van der Waals surface area contributed by atoms with Crippen LogP contribution in [-0.4, -0.2) is 0 Å². The Kier molecular flexibility index (Phi) is 4.39. The van der Waals surface area contributed by atoms with Gasteiger partial charge in [0.1, 0.15) is 0 Å². The number of hydrogen-bond donors (Lipinski definition) is 1. The lowest BCUT2D eigenvalue weighted by Gasteiger charge is -2.09. The summed E-state index contributed by atoms with van der Waals surface area (Å²) in [5, 5.41) is 0. The van der Waals surface area contributed by atoms with Crippen LogP contribution in [0.1, 0.15) is 30.5 Å². The minimum absolute atomic E-state index is 0.597. The van der Waals surface area contributed by atoms with E-state index in [1.54, 1.807) is 0 Å². The van der Waals surface area contributed by atoms with Crippen LogP contribution in [0.5, 0.6) is 0 Å². The molecule has 0 aliphatic carbocycles. The van der Waals surface area contributed by atoms with E-state index < -0.39 is 0 Å². The van der Waals surface area contributed by atoms with E-state index in [9.17, 15) is 0 Å². The average molecular weight is 253 g/mol. The second kappa shape index (κ2) is 6.03. The van der Waals surface area contributed by atoms with Gasteiger partial charge in [-0.15, -0.1) is 0 Å². The van der Waals surface area contributed by atoms with Crippen molar-refractivity contribution < 1.29 is 0 Å². The smallest absolute Gasteiger partial charge is 0.0178 e. The number of hydrogen-bond acceptors (Lipinski definition) is 1. The van der Waals surface area contributed by atoms with E-state index in [-0.39, 0.29) is 0 Å². The van der Waals surface area contributed by atoms with Gasteiger partial charge >= 0.3 is 0 Å². The molecule has 0 atom stereocenters. The van der Waals surface area contributed by atoms with Crippen LogP contribution in [0.3, 0.4) is 0 Å². The van der Waals surface area contributed by atoms with Crippen molar-refractivity contribution in [3.8, 4) is 11.1 Å². The fourth-order valence-corrected chi connectivity index (χ4v) is 2.45. The normalized spacial score (nSPS) is 11.0. The Labute approximate surface area is 116 Å². The Bertz CT molecular complexity index is 538. The van der Waals surface area contributed by atoms with E-state index in [4.69, 9.17) is 5.73 Å². The molecule has 0 spiro atoms. The molecule has 100 valence electrons. The van der Waals surface area contributed by atoms with Crippen molar-refractivity contribution in [1.29, 1.82) is 0 Å². The summed E-state index contributed by atoms with van der Waals surface area (Å²) in [4.78, 5) is 0. The molecule has 2 aromatic carbocycles. The molecule has 0 fully saturated rings. The molecule has 0 aromatic heterocycles. The Morgan fingerprint density at radius 1 is 0.895 bits per heavy atom. The van der Waals surface area contributed by atoms with Gasteiger partial charge in [0.2, 0.25) is 0 Å². The third-order valence-corrected chi connectivity index (χ3v) is 3.30. The Balaban J connectivity index is 2.29. The highest BCUT2D eigenvalue weighted by Crippen LogP contribution is 2.23. The first-order valence-electron chi connectivity index (χ1n) is 6.98. The highest BCUT2D eigenvalue weighted by molar-refractivity contribution is 5.65. The van der Waals surface area contributed by atoms with Gasteiger partial charge in [-0.1, -0.05) is 55.8 Å². The molecule has 0 saturated carbocycles. The molecular weight excluding hydrogens is 230 g/mol. The quantitative estimate of drug-likeness (QED) is 0.863. The van der Waals surface area contributed by atoms with Gasteiger partial charge in [-0.05, 0) is 47.6 Å². The van der Waals surface area contributed by atoms with Crippen molar-refractivity contribution in [3.05, 3.63) is 59.2 Å². The van der Waals surface area contributed by atoms with Crippen molar-refractivity contribution in [1.82, 2.24) is 0 Å². The van der Waals surface area contributed by atoms with Crippen LogP contribution < -0.4 is 5.73 Å². The van der Waals surface area contributed by atoms with Crippen LogP contribution in [0, 0.1) is 12.8 Å². The number of benzene rings is 2. The van der Waals surface area contributed by atoms with Gasteiger partial charge in [0.05, 0.1) is 0 Å². The van der Waals surface area contributed by atoms with Crippen molar-refractivity contribution in [2.75, 3.05) is 0 Å². The Morgan fingerprint density at radius 2 is 1.58 bits per heavy atom. The fraction of sp³-hybridized carbons (Fsp3) is 0.333. The summed E-state index contributed by atoms with van der Waals surface area (Å²) >= 11 is 0. The molecule has 0 heterocycles. The minimum atomic E-state index is 0.597. The van der Waals surface area contributed by atoms with Gasteiger partial charge in [-0.3, -0.25) is 0 Å². The van der Waals surface area contributed by atoms with E-state index in [1.165, 1.54) is 27.8 Å². The van der Waals surface area contributed by atoms with Crippen molar-refractivity contribution in [3.63, 3.8) is 0 Å². The maximum Gasteiger partial charge on any atom is 0.0178 e. The summed E-state index contributed by atoms with van der Waals surface area (Å²) in [6.07, 6.45) is 1.14. The van der Waals surface area contributed by atoms with Crippen LogP contribution in [0.15, 0.2) is 42.5 Å². The predicted molar refractivity (Wildman–Crippen MR) is 83.0 cm³/mol. The molecule has 0 bridgehead atoms. The highest BCUT2D eigenvalue weighted by atomic mass is 14.5. The molecule has 19 heavy (non-hydrogen) atoms. The molecule has 0 aliphatic heterocycles. The average Bonchev–Trinajstić information content (AvgIpc) is 2.38. The monoisotopic (exact) mass is 253 g/mol. The van der Waals surface area contributed by atoms with E-state index in [2.05, 4.69) is 63.2 Å². The molecule has 0 aliphatic rings. The third kappa shape index (κ3) is 3.68. The standard InChI is InChI=1S/C18H23N/c1-13(2)8-15-4-6-17(7-5-15)18-10-14(3)9-16(11-18)12-19/h4-7,9-11,13H,8,12,19H2,1-3H3. The van der Waals surface area contributed by atoms with Gasteiger partial charge in [0.15, 0.2) is 0 Å². The van der Waals surface area contributed by atoms with E-state index >= 15 is 0 Å². The summed E-state index contributed by atoms with van der Waals surface area (Å²) in [7, 11) is 0. The van der Waals surface area contributed by atoms with E-state index in [0.29, 0.717) is 12.5 Å². The molecule has 2 rings (SSSR count). The van der Waals surface area contributed by atoms with Crippen molar-refractivity contribution in [2.24, 2.45) is 11.7 Å². The lowest BCUT2D eigenvalue weighted by Crippen LogP contribution is -1.97. The zero-order valence-electron chi connectivity index (χ0n) is 12.1. The molecule has 1 nitrogen and oxygen atoms in total. The van der Waals surface area contributed by atoms with Crippen LogP contribution in [0.25, 0.3) is 11.1 Å². The second-order valence-electron chi connectivity index (χ2n) is 5.71. The van der Waals surface area contributed by atoms with Crippen LogP contribution >= 0.6 is 0 Å². The zero-order chi connectivity index (χ0) is 13.8. The molecule has 1 heteroatoms. The SMILES string of the molecule is Cc1cc(CN)cc(-c2ccc(CC(C)C)cc2)c1. The number of nitrogens with two attached hydrogens (primary N) is 1. The molecule has 2 aromatic rings. The molecule has 0 saturated heterocycles. The first-order valence-corrected chi connectivity index (χ1v) is 6.98. The molecular formula is C18H23N. The van der Waals surface area contributed by atoms with Crippen LogP contribution in [0.2, 0.25) is 0 Å². The van der Waals surface area contributed by atoms with Gasteiger partial charge in [-0.2, -0.15) is 0 Å².